The largest absolute Gasteiger partial charge is 0.312 e. The number of halogens is 2. The van der Waals surface area contributed by atoms with Crippen LogP contribution in [0.5, 0.6) is 0 Å². The molecule has 0 bridgehead atoms. The van der Waals surface area contributed by atoms with Gasteiger partial charge in [-0.2, -0.15) is 0 Å². The van der Waals surface area contributed by atoms with Crippen LogP contribution in [0, 0.1) is 15.9 Å². The molecule has 0 fully saturated rings. The molecule has 110 valence electrons. The average Bonchev–Trinajstić information content (AvgIpc) is 2.44. The number of nitrogens with one attached hydrogen (secondary N) is 1. The third-order valence-corrected chi connectivity index (χ3v) is 3.27. The lowest BCUT2D eigenvalue weighted by molar-refractivity contribution is -0.385. The van der Waals surface area contributed by atoms with Gasteiger partial charge < -0.3 is 5.32 Å². The van der Waals surface area contributed by atoms with Crippen molar-refractivity contribution in [1.29, 1.82) is 0 Å². The summed E-state index contributed by atoms with van der Waals surface area (Å²) in [6.45, 7) is 0.964. The maximum Gasteiger partial charge on any atom is 0.275 e. The third kappa shape index (κ3) is 4.51. The zero-order valence-corrected chi connectivity index (χ0v) is 11.9. The number of nitro groups is 1. The van der Waals surface area contributed by atoms with Gasteiger partial charge in [0.15, 0.2) is 0 Å². The van der Waals surface area contributed by atoms with Crippen molar-refractivity contribution in [1.82, 2.24) is 5.32 Å². The number of hydrogen-bond donors (Lipinski definition) is 1. The second-order valence-electron chi connectivity index (χ2n) is 4.59. The topological polar surface area (TPSA) is 55.2 Å². The van der Waals surface area contributed by atoms with E-state index >= 15 is 0 Å². The summed E-state index contributed by atoms with van der Waals surface area (Å²) in [6.07, 6.45) is 0.652. The molecular weight excluding hydrogens is 295 g/mol. The van der Waals surface area contributed by atoms with Crippen LogP contribution in [0.2, 0.25) is 5.02 Å². The van der Waals surface area contributed by atoms with Gasteiger partial charge in [-0.3, -0.25) is 10.1 Å². The second kappa shape index (κ2) is 7.15. The Hall–Kier alpha value is -1.98. The van der Waals surface area contributed by atoms with Crippen molar-refractivity contribution in [2.75, 3.05) is 6.54 Å². The fourth-order valence-corrected chi connectivity index (χ4v) is 2.17. The molecule has 0 saturated carbocycles. The van der Waals surface area contributed by atoms with Gasteiger partial charge in [0.2, 0.25) is 0 Å². The molecule has 2 rings (SSSR count). The minimum absolute atomic E-state index is 0.000700. The third-order valence-electron chi connectivity index (χ3n) is 3.04. The van der Waals surface area contributed by atoms with Crippen molar-refractivity contribution in [3.63, 3.8) is 0 Å². The van der Waals surface area contributed by atoms with Gasteiger partial charge in [-0.1, -0.05) is 23.7 Å². The molecule has 0 aliphatic rings. The summed E-state index contributed by atoms with van der Waals surface area (Å²) in [4.78, 5) is 10.5. The highest BCUT2D eigenvalue weighted by atomic mass is 35.5. The fraction of sp³-hybridized carbons (Fsp3) is 0.200. The average molecular weight is 309 g/mol. The summed E-state index contributed by atoms with van der Waals surface area (Å²) in [5.41, 5.74) is 1.46. The molecular formula is C15H14ClFN2O2. The summed E-state index contributed by atoms with van der Waals surface area (Å²) < 4.78 is 13.0. The summed E-state index contributed by atoms with van der Waals surface area (Å²) in [5, 5.41) is 14.4. The van der Waals surface area contributed by atoms with Gasteiger partial charge in [0.25, 0.3) is 5.69 Å². The summed E-state index contributed by atoms with van der Waals surface area (Å²) in [6, 6.07) is 11.0. The molecule has 0 radical (unpaired) electrons. The first-order valence-electron chi connectivity index (χ1n) is 6.44. The van der Waals surface area contributed by atoms with Gasteiger partial charge in [-0.05, 0) is 42.8 Å². The van der Waals surface area contributed by atoms with E-state index in [9.17, 15) is 14.5 Å². The summed E-state index contributed by atoms with van der Waals surface area (Å²) in [7, 11) is 0. The van der Waals surface area contributed by atoms with Crippen molar-refractivity contribution in [2.45, 2.75) is 13.0 Å². The van der Waals surface area contributed by atoms with Crippen LogP contribution in [-0.2, 0) is 13.0 Å². The Labute approximate surface area is 126 Å². The molecule has 0 saturated heterocycles. The first-order valence-corrected chi connectivity index (χ1v) is 6.82. The Morgan fingerprint density at radius 3 is 2.76 bits per heavy atom. The number of rotatable bonds is 6. The van der Waals surface area contributed by atoms with Crippen LogP contribution in [0.15, 0.2) is 42.5 Å². The molecule has 2 aromatic rings. The van der Waals surface area contributed by atoms with E-state index in [1.165, 1.54) is 18.2 Å². The Morgan fingerprint density at radius 2 is 2.05 bits per heavy atom. The molecule has 4 nitrogen and oxygen atoms in total. The van der Waals surface area contributed by atoms with E-state index in [2.05, 4.69) is 5.32 Å². The number of nitro benzene ring substituents is 1. The first kappa shape index (κ1) is 15.4. The molecule has 0 heterocycles. The minimum atomic E-state index is -0.449. The van der Waals surface area contributed by atoms with Gasteiger partial charge in [0.1, 0.15) is 5.82 Å². The first-order chi connectivity index (χ1) is 10.1. The number of benzene rings is 2. The van der Waals surface area contributed by atoms with Gasteiger partial charge in [-0.15, -0.1) is 0 Å². The maximum atomic E-state index is 13.0. The Balaban J connectivity index is 1.90. The monoisotopic (exact) mass is 308 g/mol. The van der Waals surface area contributed by atoms with Crippen molar-refractivity contribution in [3.8, 4) is 0 Å². The molecule has 1 N–H and O–H groups in total. The van der Waals surface area contributed by atoms with Crippen LogP contribution in [0.3, 0.4) is 0 Å². The maximum absolute atomic E-state index is 13.0. The number of hydrogen-bond acceptors (Lipinski definition) is 3. The SMILES string of the molecule is O=[N+]([O-])c1cc(Cl)ccc1CNCCc1cccc(F)c1. The quantitative estimate of drug-likeness (QED) is 0.503. The van der Waals surface area contributed by atoms with E-state index in [1.807, 2.05) is 6.07 Å². The summed E-state index contributed by atoms with van der Waals surface area (Å²) in [5.74, 6) is -0.263. The fourth-order valence-electron chi connectivity index (χ4n) is 2.00. The van der Waals surface area contributed by atoms with Crippen molar-refractivity contribution < 1.29 is 9.31 Å². The predicted octanol–water partition coefficient (Wildman–Crippen LogP) is 3.72. The standard InChI is InChI=1S/C15H14ClFN2O2/c16-13-5-4-12(15(9-13)19(20)21)10-18-7-6-11-2-1-3-14(17)8-11/h1-5,8-9,18H,6-7,10H2. The molecule has 21 heavy (non-hydrogen) atoms. The second-order valence-corrected chi connectivity index (χ2v) is 5.02. The van der Waals surface area contributed by atoms with Crippen molar-refractivity contribution in [2.24, 2.45) is 0 Å². The van der Waals surface area contributed by atoms with E-state index in [0.29, 0.717) is 30.1 Å². The smallest absolute Gasteiger partial charge is 0.275 e. The molecule has 0 spiro atoms. The highest BCUT2D eigenvalue weighted by Crippen LogP contribution is 2.22. The van der Waals surface area contributed by atoms with E-state index in [-0.39, 0.29) is 11.5 Å². The molecule has 2 aromatic carbocycles. The van der Waals surface area contributed by atoms with Gasteiger partial charge in [0.05, 0.1) is 4.92 Å². The lowest BCUT2D eigenvalue weighted by Gasteiger charge is -2.06. The molecule has 0 atom stereocenters. The van der Waals surface area contributed by atoms with E-state index in [4.69, 9.17) is 11.6 Å². The lowest BCUT2D eigenvalue weighted by Crippen LogP contribution is -2.17. The van der Waals surface area contributed by atoms with Crippen LogP contribution >= 0.6 is 11.6 Å². The van der Waals surface area contributed by atoms with Crippen LogP contribution in [0.4, 0.5) is 10.1 Å². The van der Waals surface area contributed by atoms with Gasteiger partial charge in [-0.25, -0.2) is 4.39 Å². The Morgan fingerprint density at radius 1 is 1.24 bits per heavy atom. The number of nitrogens with zero attached hydrogens (tertiary/aromatic N) is 1. The van der Waals surface area contributed by atoms with E-state index < -0.39 is 4.92 Å². The molecule has 0 unspecified atom stereocenters. The van der Waals surface area contributed by atoms with Crippen LogP contribution in [-0.4, -0.2) is 11.5 Å². The normalized spacial score (nSPS) is 10.6. The minimum Gasteiger partial charge on any atom is -0.312 e. The molecule has 0 aliphatic carbocycles. The van der Waals surface area contributed by atoms with Crippen molar-refractivity contribution >= 4 is 17.3 Å². The van der Waals surface area contributed by atoms with E-state index in [1.54, 1.807) is 18.2 Å². The highest BCUT2D eigenvalue weighted by molar-refractivity contribution is 6.30. The zero-order chi connectivity index (χ0) is 15.2. The molecule has 0 aliphatic heterocycles. The molecule has 6 heteroatoms. The van der Waals surface area contributed by atoms with Crippen LogP contribution in [0.1, 0.15) is 11.1 Å². The van der Waals surface area contributed by atoms with Crippen LogP contribution < -0.4 is 5.32 Å². The molecule has 0 amide bonds. The van der Waals surface area contributed by atoms with Crippen LogP contribution in [0.25, 0.3) is 0 Å². The van der Waals surface area contributed by atoms with Crippen molar-refractivity contribution in [3.05, 3.63) is 74.5 Å². The summed E-state index contributed by atoms with van der Waals surface area (Å²) >= 11 is 5.76. The highest BCUT2D eigenvalue weighted by Gasteiger charge is 2.13. The zero-order valence-electron chi connectivity index (χ0n) is 11.2. The van der Waals surface area contributed by atoms with Gasteiger partial charge in [0, 0.05) is 23.2 Å². The van der Waals surface area contributed by atoms with E-state index in [0.717, 1.165) is 5.56 Å². The van der Waals surface area contributed by atoms with Gasteiger partial charge >= 0.3 is 0 Å². The Kier molecular flexibility index (Phi) is 5.25. The lowest BCUT2D eigenvalue weighted by atomic mass is 10.1. The molecule has 0 aromatic heterocycles. The predicted molar refractivity (Wildman–Crippen MR) is 79.9 cm³/mol. The Bertz CT molecular complexity index is 649.